The SMILES string of the molecule is CC(=O)[C@@]12CCC[C@@H](C1)C1=CCCC12. The quantitative estimate of drug-likeness (QED) is 0.581. The van der Waals surface area contributed by atoms with Crippen LogP contribution in [0.2, 0.25) is 0 Å². The van der Waals surface area contributed by atoms with Crippen LogP contribution in [-0.4, -0.2) is 5.78 Å². The number of hydrogen-bond donors (Lipinski definition) is 0. The Labute approximate surface area is 85.6 Å². The van der Waals surface area contributed by atoms with E-state index in [1.807, 2.05) is 6.92 Å². The molecule has 0 heterocycles. The topological polar surface area (TPSA) is 17.1 Å². The van der Waals surface area contributed by atoms with Crippen molar-refractivity contribution in [1.82, 2.24) is 0 Å². The predicted octanol–water partition coefficient (Wildman–Crippen LogP) is 3.10. The summed E-state index contributed by atoms with van der Waals surface area (Å²) in [6, 6.07) is 0. The number of carbonyl (C=O) groups is 1. The number of hydrogen-bond acceptors (Lipinski definition) is 1. The number of allylic oxidation sites excluding steroid dienone is 2. The van der Waals surface area contributed by atoms with Gasteiger partial charge in [0.2, 0.25) is 0 Å². The van der Waals surface area contributed by atoms with Crippen LogP contribution in [0.5, 0.6) is 0 Å². The molecule has 0 radical (unpaired) electrons. The lowest BCUT2D eigenvalue weighted by atomic mass is 9.68. The number of rotatable bonds is 1. The Bertz CT molecular complexity index is 315. The Morgan fingerprint density at radius 2 is 2.36 bits per heavy atom. The molecular formula is C13H18O. The van der Waals surface area contributed by atoms with Crippen molar-refractivity contribution in [3.8, 4) is 0 Å². The molecule has 2 fully saturated rings. The van der Waals surface area contributed by atoms with E-state index in [2.05, 4.69) is 6.08 Å². The highest BCUT2D eigenvalue weighted by atomic mass is 16.1. The molecule has 1 nitrogen and oxygen atoms in total. The molecule has 76 valence electrons. The summed E-state index contributed by atoms with van der Waals surface area (Å²) in [6.45, 7) is 1.82. The van der Waals surface area contributed by atoms with Crippen LogP contribution in [-0.2, 0) is 4.79 Å². The van der Waals surface area contributed by atoms with Crippen molar-refractivity contribution in [3.05, 3.63) is 11.6 Å². The monoisotopic (exact) mass is 190 g/mol. The fourth-order valence-corrected chi connectivity index (χ4v) is 4.25. The number of Topliss-reactive ketones (excluding diaryl/α,β-unsaturated/α-hetero) is 1. The van der Waals surface area contributed by atoms with Crippen molar-refractivity contribution >= 4 is 5.78 Å². The number of fused-ring (bicyclic) bond motifs is 5. The molecule has 0 amide bonds. The summed E-state index contributed by atoms with van der Waals surface area (Å²) in [5, 5.41) is 0. The van der Waals surface area contributed by atoms with Gasteiger partial charge in [0.15, 0.2) is 0 Å². The maximum Gasteiger partial charge on any atom is 0.136 e. The van der Waals surface area contributed by atoms with Gasteiger partial charge in [-0.3, -0.25) is 4.79 Å². The van der Waals surface area contributed by atoms with Gasteiger partial charge in [0, 0.05) is 5.41 Å². The molecule has 2 saturated carbocycles. The van der Waals surface area contributed by atoms with Crippen molar-refractivity contribution < 1.29 is 4.79 Å². The van der Waals surface area contributed by atoms with Crippen molar-refractivity contribution in [3.63, 3.8) is 0 Å². The molecule has 3 aliphatic carbocycles. The normalized spacial score (nSPS) is 44.8. The first kappa shape index (κ1) is 8.70. The first-order valence-electron chi connectivity index (χ1n) is 5.95. The minimum absolute atomic E-state index is 0.0885. The third-order valence-corrected chi connectivity index (χ3v) is 4.86. The Morgan fingerprint density at radius 1 is 1.50 bits per heavy atom. The summed E-state index contributed by atoms with van der Waals surface area (Å²) in [6.07, 6.45) is 9.89. The second kappa shape index (κ2) is 2.71. The molecule has 1 unspecified atom stereocenters. The molecule has 14 heavy (non-hydrogen) atoms. The van der Waals surface area contributed by atoms with Crippen LogP contribution < -0.4 is 0 Å². The highest BCUT2D eigenvalue weighted by Gasteiger charge is 2.55. The zero-order valence-corrected chi connectivity index (χ0v) is 8.88. The average molecular weight is 190 g/mol. The molecule has 0 spiro atoms. The second-order valence-corrected chi connectivity index (χ2v) is 5.34. The van der Waals surface area contributed by atoms with Gasteiger partial charge in [0.1, 0.15) is 5.78 Å². The lowest BCUT2D eigenvalue weighted by Gasteiger charge is -2.34. The molecule has 1 heteroatoms. The van der Waals surface area contributed by atoms with E-state index in [-0.39, 0.29) is 5.41 Å². The summed E-state index contributed by atoms with van der Waals surface area (Å²) in [5.74, 6) is 1.89. The van der Waals surface area contributed by atoms with Gasteiger partial charge in [0.25, 0.3) is 0 Å². The van der Waals surface area contributed by atoms with Crippen molar-refractivity contribution in [2.45, 2.75) is 45.4 Å². The molecule has 0 aromatic rings. The standard InChI is InChI=1S/C13H18O/c1-9(14)13-7-3-4-10(8-13)11-5-2-6-12(11)13/h5,10,12H,2-4,6-8H2,1H3/t10-,12?,13+/m0/s1. The van der Waals surface area contributed by atoms with Crippen LogP contribution in [0.15, 0.2) is 11.6 Å². The zero-order valence-electron chi connectivity index (χ0n) is 8.88. The Morgan fingerprint density at radius 3 is 3.14 bits per heavy atom. The molecule has 0 aromatic carbocycles. The molecule has 0 aliphatic heterocycles. The van der Waals surface area contributed by atoms with Gasteiger partial charge in [-0.05, 0) is 50.9 Å². The lowest BCUT2D eigenvalue weighted by Crippen LogP contribution is -2.34. The molecule has 3 rings (SSSR count). The Hall–Kier alpha value is -0.590. The Kier molecular flexibility index (Phi) is 1.68. The summed E-state index contributed by atoms with van der Waals surface area (Å²) >= 11 is 0. The maximum atomic E-state index is 11.9. The first-order valence-corrected chi connectivity index (χ1v) is 5.95. The van der Waals surface area contributed by atoms with Crippen molar-refractivity contribution in [2.24, 2.45) is 17.3 Å². The predicted molar refractivity (Wildman–Crippen MR) is 55.9 cm³/mol. The van der Waals surface area contributed by atoms with E-state index in [1.54, 1.807) is 5.57 Å². The average Bonchev–Trinajstić information content (AvgIpc) is 2.71. The Balaban J connectivity index is 2.06. The van der Waals surface area contributed by atoms with Crippen LogP contribution in [0.1, 0.15) is 45.4 Å². The highest BCUT2D eigenvalue weighted by Crippen LogP contribution is 2.61. The van der Waals surface area contributed by atoms with Gasteiger partial charge in [-0.2, -0.15) is 0 Å². The van der Waals surface area contributed by atoms with Gasteiger partial charge in [-0.15, -0.1) is 0 Å². The lowest BCUT2D eigenvalue weighted by molar-refractivity contribution is -0.129. The molecule has 3 aliphatic rings. The molecule has 2 bridgehead atoms. The van der Waals surface area contributed by atoms with Crippen LogP contribution in [0, 0.1) is 17.3 Å². The van der Waals surface area contributed by atoms with Gasteiger partial charge in [0.05, 0.1) is 0 Å². The first-order chi connectivity index (χ1) is 6.74. The summed E-state index contributed by atoms with van der Waals surface area (Å²) in [5.41, 5.74) is 1.75. The summed E-state index contributed by atoms with van der Waals surface area (Å²) in [4.78, 5) is 11.9. The van der Waals surface area contributed by atoms with Crippen molar-refractivity contribution in [2.75, 3.05) is 0 Å². The molecule has 0 aromatic heterocycles. The van der Waals surface area contributed by atoms with E-state index in [0.29, 0.717) is 11.7 Å². The summed E-state index contributed by atoms with van der Waals surface area (Å²) in [7, 11) is 0. The van der Waals surface area contributed by atoms with Gasteiger partial charge in [-0.1, -0.05) is 18.1 Å². The number of carbonyl (C=O) groups excluding carboxylic acids is 1. The second-order valence-electron chi connectivity index (χ2n) is 5.34. The van der Waals surface area contributed by atoms with E-state index in [4.69, 9.17) is 0 Å². The van der Waals surface area contributed by atoms with Crippen LogP contribution in [0.25, 0.3) is 0 Å². The van der Waals surface area contributed by atoms with E-state index >= 15 is 0 Å². The third-order valence-electron chi connectivity index (χ3n) is 4.86. The van der Waals surface area contributed by atoms with Gasteiger partial charge < -0.3 is 0 Å². The summed E-state index contributed by atoms with van der Waals surface area (Å²) < 4.78 is 0. The van der Waals surface area contributed by atoms with E-state index < -0.39 is 0 Å². The third kappa shape index (κ3) is 0.884. The molecule has 3 atom stereocenters. The smallest absolute Gasteiger partial charge is 0.136 e. The minimum atomic E-state index is 0.0885. The minimum Gasteiger partial charge on any atom is -0.299 e. The van der Waals surface area contributed by atoms with Crippen LogP contribution in [0.3, 0.4) is 0 Å². The largest absolute Gasteiger partial charge is 0.299 e. The fraction of sp³-hybridized carbons (Fsp3) is 0.769. The number of ketones is 1. The highest BCUT2D eigenvalue weighted by molar-refractivity contribution is 5.84. The van der Waals surface area contributed by atoms with Crippen LogP contribution in [0.4, 0.5) is 0 Å². The molecule has 0 saturated heterocycles. The maximum absolute atomic E-state index is 11.9. The van der Waals surface area contributed by atoms with Gasteiger partial charge in [-0.25, -0.2) is 0 Å². The van der Waals surface area contributed by atoms with Crippen LogP contribution >= 0.6 is 0 Å². The fourth-order valence-electron chi connectivity index (χ4n) is 4.25. The zero-order chi connectivity index (χ0) is 9.76. The van der Waals surface area contributed by atoms with E-state index in [0.717, 1.165) is 5.92 Å². The van der Waals surface area contributed by atoms with E-state index in [9.17, 15) is 4.79 Å². The molecular weight excluding hydrogens is 172 g/mol. The molecule has 0 N–H and O–H groups in total. The van der Waals surface area contributed by atoms with E-state index in [1.165, 1.54) is 38.5 Å². The van der Waals surface area contributed by atoms with Crippen molar-refractivity contribution in [1.29, 1.82) is 0 Å². The van der Waals surface area contributed by atoms with Gasteiger partial charge >= 0.3 is 0 Å².